The lowest BCUT2D eigenvalue weighted by molar-refractivity contribution is 0.150. The molecular weight excluding hydrogens is 492 g/mol. The first-order valence-corrected chi connectivity index (χ1v) is 14.5. The van der Waals surface area contributed by atoms with Crippen LogP contribution in [-0.4, -0.2) is 43.9 Å². The zero-order chi connectivity index (χ0) is 26.4. The van der Waals surface area contributed by atoms with Crippen LogP contribution in [0.5, 0.6) is 5.75 Å². The number of nitrogens with zero attached hydrogens (tertiary/aromatic N) is 2. The third kappa shape index (κ3) is 6.16. The highest BCUT2D eigenvalue weighted by atomic mass is 32.2. The van der Waals surface area contributed by atoms with Crippen molar-refractivity contribution in [2.24, 2.45) is 0 Å². The lowest BCUT2D eigenvalue weighted by Crippen LogP contribution is -2.46. The second-order valence-electron chi connectivity index (χ2n) is 9.78. The van der Waals surface area contributed by atoms with Crippen molar-refractivity contribution in [1.29, 1.82) is 0 Å². The second-order valence-corrected chi connectivity index (χ2v) is 11.7. The third-order valence-corrected chi connectivity index (χ3v) is 9.19. The number of piperidine rings is 1. The van der Waals surface area contributed by atoms with Crippen molar-refractivity contribution >= 4 is 10.0 Å². The topological polar surface area (TPSA) is 49.9 Å². The number of ether oxygens (including phenoxy) is 1. The number of rotatable bonds is 9. The predicted octanol–water partition coefficient (Wildman–Crippen LogP) is 6.22. The van der Waals surface area contributed by atoms with Crippen LogP contribution in [-0.2, 0) is 23.1 Å². The van der Waals surface area contributed by atoms with Crippen LogP contribution in [0, 0.1) is 0 Å². The zero-order valence-electron chi connectivity index (χ0n) is 21.7. The molecule has 0 atom stereocenters. The van der Waals surface area contributed by atoms with Crippen LogP contribution < -0.4 is 4.74 Å². The maximum atomic E-state index is 14.1. The number of methoxy groups -OCH3 is 1. The third-order valence-electron chi connectivity index (χ3n) is 7.28. The van der Waals surface area contributed by atoms with E-state index in [9.17, 15) is 8.42 Å². The molecule has 1 aliphatic heterocycles. The van der Waals surface area contributed by atoms with E-state index in [0.29, 0.717) is 11.4 Å². The summed E-state index contributed by atoms with van der Waals surface area (Å²) in [6.07, 6.45) is 1.59. The normalized spacial score (nSPS) is 15.0. The molecule has 0 amide bonds. The van der Waals surface area contributed by atoms with Crippen LogP contribution in [0.3, 0.4) is 0 Å². The van der Waals surface area contributed by atoms with Gasteiger partial charge < -0.3 is 4.74 Å². The van der Waals surface area contributed by atoms with E-state index in [-0.39, 0.29) is 6.04 Å². The molecule has 0 spiro atoms. The average molecular weight is 527 g/mol. The molecule has 6 heteroatoms. The van der Waals surface area contributed by atoms with E-state index in [1.54, 1.807) is 23.5 Å². The van der Waals surface area contributed by atoms with Gasteiger partial charge in [0.15, 0.2) is 0 Å². The summed E-state index contributed by atoms with van der Waals surface area (Å²) in [5, 5.41) is 0. The van der Waals surface area contributed by atoms with Gasteiger partial charge in [-0.15, -0.1) is 0 Å². The van der Waals surface area contributed by atoms with E-state index in [4.69, 9.17) is 4.74 Å². The first kappa shape index (κ1) is 26.2. The Bertz CT molecular complexity index is 1400. The fourth-order valence-electron chi connectivity index (χ4n) is 5.11. The molecule has 196 valence electrons. The summed E-state index contributed by atoms with van der Waals surface area (Å²) in [5.41, 5.74) is 4.30. The van der Waals surface area contributed by atoms with Crippen LogP contribution >= 0.6 is 0 Å². The molecule has 0 radical (unpaired) electrons. The summed E-state index contributed by atoms with van der Waals surface area (Å²) in [4.78, 5) is 2.75. The van der Waals surface area contributed by atoms with Gasteiger partial charge in [-0.3, -0.25) is 4.90 Å². The van der Waals surface area contributed by atoms with Crippen LogP contribution in [0.25, 0.3) is 11.1 Å². The van der Waals surface area contributed by atoms with Gasteiger partial charge in [-0.05, 0) is 59.4 Å². The van der Waals surface area contributed by atoms with Crippen molar-refractivity contribution < 1.29 is 13.2 Å². The van der Waals surface area contributed by atoms with Gasteiger partial charge >= 0.3 is 0 Å². The molecule has 0 saturated carbocycles. The molecular formula is C32H34N2O3S. The van der Waals surface area contributed by atoms with E-state index >= 15 is 0 Å². The number of sulfonamides is 1. The summed E-state index contributed by atoms with van der Waals surface area (Å²) in [6, 6.07) is 35.3. The second kappa shape index (κ2) is 11.9. The molecule has 0 aromatic heterocycles. The lowest BCUT2D eigenvalue weighted by atomic mass is 10.0. The molecule has 1 heterocycles. The Hall–Kier alpha value is -3.45. The monoisotopic (exact) mass is 526 g/mol. The summed E-state index contributed by atoms with van der Waals surface area (Å²) in [7, 11) is -2.07. The molecule has 1 fully saturated rings. The molecule has 5 rings (SSSR count). The molecule has 4 aromatic rings. The molecule has 0 aliphatic carbocycles. The Morgan fingerprint density at radius 2 is 1.32 bits per heavy atom. The van der Waals surface area contributed by atoms with Gasteiger partial charge in [-0.2, -0.15) is 4.31 Å². The average Bonchev–Trinajstić information content (AvgIpc) is 2.98. The van der Waals surface area contributed by atoms with Gasteiger partial charge in [0.25, 0.3) is 0 Å². The van der Waals surface area contributed by atoms with E-state index in [2.05, 4.69) is 29.2 Å². The fourth-order valence-corrected chi connectivity index (χ4v) is 6.79. The van der Waals surface area contributed by atoms with Gasteiger partial charge in [0.1, 0.15) is 5.75 Å². The number of hydrogen-bond donors (Lipinski definition) is 0. The number of likely N-dealkylation sites (tertiary alicyclic amines) is 1. The Morgan fingerprint density at radius 1 is 0.737 bits per heavy atom. The van der Waals surface area contributed by atoms with E-state index in [1.165, 1.54) is 5.56 Å². The molecule has 5 nitrogen and oxygen atoms in total. The maximum Gasteiger partial charge on any atom is 0.243 e. The van der Waals surface area contributed by atoms with Crippen molar-refractivity contribution in [2.45, 2.75) is 36.9 Å². The molecule has 4 aromatic carbocycles. The van der Waals surface area contributed by atoms with Crippen molar-refractivity contribution in [3.05, 3.63) is 120 Å². The quantitative estimate of drug-likeness (QED) is 0.260. The highest BCUT2D eigenvalue weighted by Gasteiger charge is 2.34. The Balaban J connectivity index is 1.37. The van der Waals surface area contributed by atoms with Crippen LogP contribution in [0.1, 0.15) is 24.0 Å². The van der Waals surface area contributed by atoms with Crippen molar-refractivity contribution in [3.63, 3.8) is 0 Å². The highest BCUT2D eigenvalue weighted by Crippen LogP contribution is 2.29. The predicted molar refractivity (Wildman–Crippen MR) is 152 cm³/mol. The Labute approximate surface area is 226 Å². The lowest BCUT2D eigenvalue weighted by Gasteiger charge is -2.38. The number of benzene rings is 4. The summed E-state index contributed by atoms with van der Waals surface area (Å²) in [5.74, 6) is 0.758. The standard InChI is InChI=1S/C32H34N2O3S/c1-37-31-16-12-27(13-17-31)25-34(30-20-22-33(23-21-30)24-26-8-4-2-5-9-26)38(35,36)32-18-14-29(15-19-32)28-10-6-3-7-11-28/h2-19,30H,20-25H2,1H3. The summed E-state index contributed by atoms with van der Waals surface area (Å²) in [6.45, 7) is 2.94. The Morgan fingerprint density at radius 3 is 1.92 bits per heavy atom. The fraction of sp³-hybridized carbons (Fsp3) is 0.250. The maximum absolute atomic E-state index is 14.1. The van der Waals surface area contributed by atoms with Crippen LogP contribution in [0.2, 0.25) is 0 Å². The Kier molecular flexibility index (Phi) is 8.23. The van der Waals surface area contributed by atoms with Gasteiger partial charge in [0.2, 0.25) is 10.0 Å². The minimum atomic E-state index is -3.71. The van der Waals surface area contributed by atoms with Crippen LogP contribution in [0.4, 0.5) is 0 Å². The van der Waals surface area contributed by atoms with Gasteiger partial charge in [-0.25, -0.2) is 8.42 Å². The van der Waals surface area contributed by atoms with Crippen molar-refractivity contribution in [1.82, 2.24) is 9.21 Å². The first-order valence-electron chi connectivity index (χ1n) is 13.1. The molecule has 38 heavy (non-hydrogen) atoms. The SMILES string of the molecule is COc1ccc(CN(C2CCN(Cc3ccccc3)CC2)S(=O)(=O)c2ccc(-c3ccccc3)cc2)cc1. The van der Waals surface area contributed by atoms with E-state index in [0.717, 1.165) is 54.9 Å². The number of hydrogen-bond acceptors (Lipinski definition) is 4. The molecule has 1 aliphatic rings. The summed E-state index contributed by atoms with van der Waals surface area (Å²) >= 11 is 0. The van der Waals surface area contributed by atoms with Gasteiger partial charge in [0, 0.05) is 32.2 Å². The molecule has 0 bridgehead atoms. The van der Waals surface area contributed by atoms with E-state index in [1.807, 2.05) is 72.8 Å². The minimum Gasteiger partial charge on any atom is -0.497 e. The van der Waals surface area contributed by atoms with Crippen LogP contribution in [0.15, 0.2) is 114 Å². The molecule has 1 saturated heterocycles. The first-order chi connectivity index (χ1) is 18.5. The smallest absolute Gasteiger partial charge is 0.243 e. The zero-order valence-corrected chi connectivity index (χ0v) is 22.6. The van der Waals surface area contributed by atoms with Gasteiger partial charge in [0.05, 0.1) is 12.0 Å². The molecule has 0 N–H and O–H groups in total. The highest BCUT2D eigenvalue weighted by molar-refractivity contribution is 7.89. The largest absolute Gasteiger partial charge is 0.497 e. The van der Waals surface area contributed by atoms with Crippen molar-refractivity contribution in [2.75, 3.05) is 20.2 Å². The van der Waals surface area contributed by atoms with E-state index < -0.39 is 10.0 Å². The van der Waals surface area contributed by atoms with Gasteiger partial charge in [-0.1, -0.05) is 84.9 Å². The molecule has 0 unspecified atom stereocenters. The minimum absolute atomic E-state index is 0.0667. The van der Waals surface area contributed by atoms with Crippen molar-refractivity contribution in [3.8, 4) is 16.9 Å². The summed E-state index contributed by atoms with van der Waals surface area (Å²) < 4.78 is 35.1.